The van der Waals surface area contributed by atoms with E-state index in [1.165, 1.54) is 18.9 Å². The number of carbonyl (C=O) groups excluding carboxylic acids is 4. The lowest BCUT2D eigenvalue weighted by atomic mass is 10.00. The van der Waals surface area contributed by atoms with Crippen molar-refractivity contribution in [3.8, 4) is 5.75 Å². The van der Waals surface area contributed by atoms with Gasteiger partial charge < -0.3 is 25.0 Å². The smallest absolute Gasteiger partial charge is 0.410 e. The molecule has 2 saturated heterocycles. The summed E-state index contributed by atoms with van der Waals surface area (Å²) < 4.78 is 53.4. The molecular formula is C34H44FN5O8S. The summed E-state index contributed by atoms with van der Waals surface area (Å²) in [6.07, 6.45) is 0.817. The zero-order valence-corrected chi connectivity index (χ0v) is 29.2. The van der Waals surface area contributed by atoms with Gasteiger partial charge in [0.25, 0.3) is 0 Å². The quantitative estimate of drug-likeness (QED) is 0.447. The molecule has 266 valence electrons. The minimum atomic E-state index is -4.22. The monoisotopic (exact) mass is 701 g/mol. The molecule has 2 aromatic rings. The number of benzene rings is 2. The molecule has 3 aliphatic rings. The van der Waals surface area contributed by atoms with Gasteiger partial charge in [0.15, 0.2) is 0 Å². The lowest BCUT2D eigenvalue weighted by Crippen LogP contribution is -2.62. The van der Waals surface area contributed by atoms with Gasteiger partial charge in [-0.25, -0.2) is 17.6 Å². The zero-order valence-electron chi connectivity index (χ0n) is 28.3. The first-order valence-electron chi connectivity index (χ1n) is 16.4. The molecule has 49 heavy (non-hydrogen) atoms. The van der Waals surface area contributed by atoms with E-state index in [0.717, 1.165) is 39.0 Å². The second-order valence-corrected chi connectivity index (χ2v) is 15.6. The van der Waals surface area contributed by atoms with E-state index >= 15 is 0 Å². The van der Waals surface area contributed by atoms with E-state index in [1.807, 2.05) is 24.3 Å². The topological polar surface area (TPSA) is 155 Å². The molecular weight excluding hydrogens is 657 g/mol. The molecule has 0 bridgehead atoms. The van der Waals surface area contributed by atoms with Gasteiger partial charge in [-0.05, 0) is 77.3 Å². The average molecular weight is 702 g/mol. The predicted octanol–water partition coefficient (Wildman–Crippen LogP) is 2.96. The van der Waals surface area contributed by atoms with E-state index < -0.39 is 70.1 Å². The van der Waals surface area contributed by atoms with Crippen molar-refractivity contribution in [2.45, 2.75) is 94.1 Å². The molecule has 0 spiro atoms. The number of ether oxygens (including phenoxy) is 2. The highest BCUT2D eigenvalue weighted by Gasteiger charge is 2.47. The third kappa shape index (κ3) is 7.99. The Kier molecular flexibility index (Phi) is 10.5. The summed E-state index contributed by atoms with van der Waals surface area (Å²) in [6, 6.07) is 7.63. The van der Waals surface area contributed by atoms with Crippen molar-refractivity contribution in [1.29, 1.82) is 0 Å². The molecule has 0 aromatic heterocycles. The van der Waals surface area contributed by atoms with Crippen LogP contribution in [-0.2, 0) is 29.1 Å². The van der Waals surface area contributed by atoms with Crippen molar-refractivity contribution < 1.29 is 41.5 Å². The fourth-order valence-electron chi connectivity index (χ4n) is 6.40. The van der Waals surface area contributed by atoms with Crippen molar-refractivity contribution in [2.24, 2.45) is 0 Å². The molecule has 3 aliphatic heterocycles. The Morgan fingerprint density at radius 2 is 1.69 bits per heavy atom. The van der Waals surface area contributed by atoms with Crippen LogP contribution in [0.3, 0.4) is 0 Å². The second kappa shape index (κ2) is 14.3. The first kappa shape index (κ1) is 36.1. The van der Waals surface area contributed by atoms with Crippen LogP contribution in [0.15, 0.2) is 53.4 Å². The lowest BCUT2D eigenvalue weighted by molar-refractivity contribution is -0.145. The minimum Gasteiger partial charge on any atom is -0.493 e. The molecule has 3 heterocycles. The first-order chi connectivity index (χ1) is 23.1. The number of amides is 4. The molecule has 2 N–H and O–H groups in total. The molecule has 5 rings (SSSR count). The maximum atomic E-state index is 14.4. The van der Waals surface area contributed by atoms with Crippen LogP contribution in [0, 0.1) is 5.82 Å². The second-order valence-electron chi connectivity index (χ2n) is 13.7. The maximum absolute atomic E-state index is 14.4. The van der Waals surface area contributed by atoms with E-state index in [2.05, 4.69) is 10.6 Å². The highest BCUT2D eigenvalue weighted by molar-refractivity contribution is 7.89. The van der Waals surface area contributed by atoms with Gasteiger partial charge >= 0.3 is 6.09 Å². The summed E-state index contributed by atoms with van der Waals surface area (Å²) in [5, 5.41) is 5.76. The van der Waals surface area contributed by atoms with Crippen LogP contribution in [0.2, 0.25) is 0 Å². The van der Waals surface area contributed by atoms with Gasteiger partial charge in [-0.2, -0.15) is 4.31 Å². The van der Waals surface area contributed by atoms with Crippen LogP contribution < -0.4 is 15.4 Å². The lowest BCUT2D eigenvalue weighted by Gasteiger charge is -2.39. The van der Waals surface area contributed by atoms with Gasteiger partial charge in [0.1, 0.15) is 35.3 Å². The summed E-state index contributed by atoms with van der Waals surface area (Å²) in [7, 11) is -2.83. The molecule has 0 radical (unpaired) electrons. The largest absolute Gasteiger partial charge is 0.493 e. The van der Waals surface area contributed by atoms with E-state index in [0.29, 0.717) is 31.6 Å². The summed E-state index contributed by atoms with van der Waals surface area (Å²) in [5.41, 5.74) is 0.0183. The Hall–Kier alpha value is -4.24. The van der Waals surface area contributed by atoms with Gasteiger partial charge in [-0.15, -0.1) is 0 Å². The number of hydrogen-bond donors (Lipinski definition) is 2. The molecule has 15 heteroatoms. The average Bonchev–Trinajstić information content (AvgIpc) is 3.47. The van der Waals surface area contributed by atoms with E-state index in [1.54, 1.807) is 20.8 Å². The Balaban J connectivity index is 1.41. The Morgan fingerprint density at radius 1 is 1.00 bits per heavy atom. The highest BCUT2D eigenvalue weighted by Crippen LogP contribution is 2.34. The number of hydrogen-bond acceptors (Lipinski definition) is 8. The zero-order chi connectivity index (χ0) is 35.7. The molecule has 2 aromatic carbocycles. The first-order valence-corrected chi connectivity index (χ1v) is 17.9. The SMILES string of the molecule is C[C@@H](C(=O)N[C@H]1CN(S(=O)(=O)c2ccc(F)cc2)CC[C@H]2CC[C@@H](C(=O)N[C@@H]3CCOc4ccccc43)N2C1=O)N(C)C(=O)OC(C)(C)C. The van der Waals surface area contributed by atoms with Gasteiger partial charge in [0.05, 0.1) is 17.5 Å². The summed E-state index contributed by atoms with van der Waals surface area (Å²) in [4.78, 5) is 57.0. The highest BCUT2D eigenvalue weighted by atomic mass is 32.2. The van der Waals surface area contributed by atoms with E-state index in [-0.39, 0.29) is 29.8 Å². The van der Waals surface area contributed by atoms with Gasteiger partial charge in [0, 0.05) is 38.2 Å². The molecule has 0 unspecified atom stereocenters. The van der Waals surface area contributed by atoms with Crippen molar-refractivity contribution in [3.05, 3.63) is 59.9 Å². The third-order valence-corrected chi connectivity index (χ3v) is 11.0. The summed E-state index contributed by atoms with van der Waals surface area (Å²) in [6.45, 7) is 6.47. The Bertz CT molecular complexity index is 1680. The molecule has 13 nitrogen and oxygen atoms in total. The van der Waals surface area contributed by atoms with Gasteiger partial charge in [0.2, 0.25) is 27.7 Å². The Morgan fingerprint density at radius 3 is 2.39 bits per heavy atom. The number of sulfonamides is 1. The van der Waals surface area contributed by atoms with Gasteiger partial charge in [-0.3, -0.25) is 19.3 Å². The number of nitrogens with one attached hydrogen (secondary N) is 2. The normalized spacial score (nSPS) is 23.6. The van der Waals surface area contributed by atoms with Crippen molar-refractivity contribution in [3.63, 3.8) is 0 Å². The fourth-order valence-corrected chi connectivity index (χ4v) is 7.87. The number of nitrogens with zero attached hydrogens (tertiary/aromatic N) is 3. The minimum absolute atomic E-state index is 0.0183. The van der Waals surface area contributed by atoms with Crippen LogP contribution >= 0.6 is 0 Å². The third-order valence-electron chi connectivity index (χ3n) is 9.14. The number of fused-ring (bicyclic) bond motifs is 2. The van der Waals surface area contributed by atoms with Crippen LogP contribution in [-0.4, -0.2) is 103 Å². The van der Waals surface area contributed by atoms with Crippen molar-refractivity contribution in [1.82, 2.24) is 24.7 Å². The fraction of sp³-hybridized carbons (Fsp3) is 0.529. The van der Waals surface area contributed by atoms with Crippen molar-refractivity contribution in [2.75, 3.05) is 26.7 Å². The standard InChI is InChI=1S/C34H44FN5O8S/c1-21(38(5)33(44)48-34(2,3)4)30(41)37-27-20-39(49(45,46)24-13-10-22(35)11-14-24)18-16-23-12-15-28(40(23)32(27)43)31(42)36-26-17-19-47-29-9-7-6-8-25(26)29/h6-11,13-14,21,23,26-28H,12,15-20H2,1-5H3,(H,36,42)(H,37,41)/t21-,23+,26+,27-,28-/m0/s1. The van der Waals surface area contributed by atoms with Crippen molar-refractivity contribution >= 4 is 33.8 Å². The molecule has 2 fully saturated rings. The van der Waals surface area contributed by atoms with Crippen LogP contribution in [0.4, 0.5) is 9.18 Å². The summed E-state index contributed by atoms with van der Waals surface area (Å²) >= 11 is 0. The number of likely N-dealkylation sites (N-methyl/N-ethyl adjacent to an activating group) is 1. The number of carbonyl (C=O) groups is 4. The number of halogens is 1. The number of rotatable bonds is 7. The van der Waals surface area contributed by atoms with E-state index in [4.69, 9.17) is 9.47 Å². The van der Waals surface area contributed by atoms with Crippen LogP contribution in [0.1, 0.15) is 65.0 Å². The molecule has 4 amide bonds. The van der Waals surface area contributed by atoms with Crippen LogP contribution in [0.5, 0.6) is 5.75 Å². The maximum Gasteiger partial charge on any atom is 0.410 e. The van der Waals surface area contributed by atoms with Gasteiger partial charge in [-0.1, -0.05) is 18.2 Å². The number of para-hydroxylation sites is 1. The molecule has 0 aliphatic carbocycles. The van der Waals surface area contributed by atoms with E-state index in [9.17, 15) is 32.0 Å². The predicted molar refractivity (Wildman–Crippen MR) is 176 cm³/mol. The summed E-state index contributed by atoms with van der Waals surface area (Å²) in [5.74, 6) is -1.61. The molecule has 5 atom stereocenters. The molecule has 0 saturated carbocycles. The Labute approximate surface area is 286 Å². The van der Waals surface area contributed by atoms with Crippen LogP contribution in [0.25, 0.3) is 0 Å².